The maximum absolute atomic E-state index is 12.4. The summed E-state index contributed by atoms with van der Waals surface area (Å²) in [4.78, 5) is 12.4. The van der Waals surface area contributed by atoms with Crippen LogP contribution >= 0.6 is 11.8 Å². The number of thioether (sulfide) groups is 1. The first-order chi connectivity index (χ1) is 13.7. The molecule has 0 fully saturated rings. The van der Waals surface area contributed by atoms with E-state index in [2.05, 4.69) is 20.9 Å². The number of benzene rings is 1. The van der Waals surface area contributed by atoms with Crippen molar-refractivity contribution in [2.45, 2.75) is 51.4 Å². The number of methoxy groups -OCH3 is 1. The van der Waals surface area contributed by atoms with Gasteiger partial charge in [0.2, 0.25) is 5.16 Å². The molecule has 8 nitrogen and oxygen atoms in total. The Bertz CT molecular complexity index is 917. The summed E-state index contributed by atoms with van der Waals surface area (Å²) in [6, 6.07) is 7.41. The zero-order valence-corrected chi connectivity index (χ0v) is 18.3. The van der Waals surface area contributed by atoms with Gasteiger partial charge in [0, 0.05) is 11.0 Å². The summed E-state index contributed by atoms with van der Waals surface area (Å²) in [6.45, 7) is 9.52. The van der Waals surface area contributed by atoms with Crippen LogP contribution in [-0.4, -0.2) is 33.7 Å². The van der Waals surface area contributed by atoms with Crippen LogP contribution < -0.4 is 15.5 Å². The van der Waals surface area contributed by atoms with E-state index in [9.17, 15) is 4.79 Å². The summed E-state index contributed by atoms with van der Waals surface area (Å²) in [7, 11) is 1.64. The number of carbonyl (C=O) groups excluding carboxylic acids is 1. The number of fused-ring (bicyclic) bond motifs is 1. The van der Waals surface area contributed by atoms with Crippen LogP contribution in [0.4, 0.5) is 4.79 Å². The molecule has 3 rings (SSSR count). The van der Waals surface area contributed by atoms with Gasteiger partial charge in [0.1, 0.15) is 11.4 Å². The zero-order chi connectivity index (χ0) is 21.2. The van der Waals surface area contributed by atoms with Crippen LogP contribution in [0.1, 0.15) is 52.0 Å². The third-order valence-corrected chi connectivity index (χ3v) is 5.00. The minimum absolute atomic E-state index is 0.0776. The maximum atomic E-state index is 12.4. The average molecular weight is 418 g/mol. The highest BCUT2D eigenvalue weighted by Gasteiger charge is 2.29. The molecule has 0 spiro atoms. The van der Waals surface area contributed by atoms with Crippen molar-refractivity contribution in [3.63, 3.8) is 0 Å². The third-order valence-electron chi connectivity index (χ3n) is 4.17. The Morgan fingerprint density at radius 1 is 1.28 bits per heavy atom. The second kappa shape index (κ2) is 8.36. The number of nitrogens with zero attached hydrogens (tertiary/aromatic N) is 3. The molecule has 1 aliphatic rings. The third kappa shape index (κ3) is 5.03. The van der Waals surface area contributed by atoms with Gasteiger partial charge >= 0.3 is 6.09 Å². The van der Waals surface area contributed by atoms with Gasteiger partial charge in [-0.15, -0.1) is 10.2 Å². The lowest BCUT2D eigenvalue weighted by Gasteiger charge is -2.27. The molecular weight excluding hydrogens is 390 g/mol. The van der Waals surface area contributed by atoms with Gasteiger partial charge in [-0.25, -0.2) is 9.47 Å². The molecule has 9 heteroatoms. The van der Waals surface area contributed by atoms with E-state index in [-0.39, 0.29) is 12.0 Å². The van der Waals surface area contributed by atoms with Crippen LogP contribution in [0, 0.1) is 5.92 Å². The number of rotatable bonds is 5. The molecule has 1 aliphatic heterocycles. The monoisotopic (exact) mass is 417 g/mol. The molecule has 0 aliphatic carbocycles. The molecule has 1 aromatic carbocycles. The smallest absolute Gasteiger partial charge is 0.408 e. The van der Waals surface area contributed by atoms with E-state index in [1.54, 1.807) is 7.11 Å². The molecular formula is C20H27N5O3S. The van der Waals surface area contributed by atoms with Crippen molar-refractivity contribution >= 4 is 23.6 Å². The fraction of sp³-hybridized carbons (Fsp3) is 0.450. The summed E-state index contributed by atoms with van der Waals surface area (Å²) in [6.07, 6.45) is -0.486. The van der Waals surface area contributed by atoms with Crippen molar-refractivity contribution in [1.29, 1.82) is 0 Å². The molecule has 29 heavy (non-hydrogen) atoms. The minimum atomic E-state index is -0.577. The van der Waals surface area contributed by atoms with Gasteiger partial charge in [0.15, 0.2) is 5.82 Å². The highest BCUT2D eigenvalue weighted by atomic mass is 32.2. The number of ether oxygens (including phenoxy) is 2. The van der Waals surface area contributed by atoms with Crippen LogP contribution in [0.25, 0.3) is 5.70 Å². The molecule has 0 bridgehead atoms. The molecule has 0 saturated carbocycles. The highest BCUT2D eigenvalue weighted by molar-refractivity contribution is 8.02. The Morgan fingerprint density at radius 2 is 2.03 bits per heavy atom. The first-order valence-electron chi connectivity index (χ1n) is 9.41. The molecule has 2 heterocycles. The first kappa shape index (κ1) is 21.0. The lowest BCUT2D eigenvalue weighted by atomic mass is 10.0. The van der Waals surface area contributed by atoms with Gasteiger partial charge in [0.25, 0.3) is 0 Å². The van der Waals surface area contributed by atoms with E-state index in [1.165, 1.54) is 11.8 Å². The number of nitrogens with one attached hydrogen (secondary N) is 2. The zero-order valence-electron chi connectivity index (χ0n) is 17.5. The van der Waals surface area contributed by atoms with Gasteiger partial charge in [0.05, 0.1) is 18.8 Å². The topological polar surface area (TPSA) is 90.3 Å². The van der Waals surface area contributed by atoms with Crippen LogP contribution in [0.5, 0.6) is 5.75 Å². The van der Waals surface area contributed by atoms with E-state index in [1.807, 2.05) is 69.0 Å². The van der Waals surface area contributed by atoms with E-state index >= 15 is 0 Å². The second-order valence-electron chi connectivity index (χ2n) is 8.04. The molecule has 1 atom stereocenters. The van der Waals surface area contributed by atoms with Crippen LogP contribution in [0.15, 0.2) is 34.8 Å². The normalized spacial score (nSPS) is 14.5. The molecule has 0 saturated heterocycles. The van der Waals surface area contributed by atoms with E-state index in [0.717, 1.165) is 17.0 Å². The summed E-state index contributed by atoms with van der Waals surface area (Å²) < 4.78 is 12.5. The molecule has 156 valence electrons. The largest absolute Gasteiger partial charge is 0.497 e. The number of carbonyl (C=O) groups is 1. The van der Waals surface area contributed by atoms with Crippen molar-refractivity contribution in [2.75, 3.05) is 12.5 Å². The van der Waals surface area contributed by atoms with E-state index < -0.39 is 11.7 Å². The van der Waals surface area contributed by atoms with Crippen molar-refractivity contribution < 1.29 is 14.3 Å². The van der Waals surface area contributed by atoms with Gasteiger partial charge in [-0.3, -0.25) is 5.43 Å². The van der Waals surface area contributed by atoms with Crippen LogP contribution in [0.3, 0.4) is 0 Å². The van der Waals surface area contributed by atoms with Crippen molar-refractivity contribution in [1.82, 2.24) is 20.2 Å². The summed E-state index contributed by atoms with van der Waals surface area (Å²) in [5, 5.41) is 14.2. The second-order valence-corrected chi connectivity index (χ2v) is 8.87. The molecule has 0 radical (unpaired) electrons. The Hall–Kier alpha value is -2.68. The average Bonchev–Trinajstić information content (AvgIpc) is 3.07. The van der Waals surface area contributed by atoms with Gasteiger partial charge in [-0.05, 0) is 38.8 Å². The Balaban J connectivity index is 1.85. The van der Waals surface area contributed by atoms with Crippen molar-refractivity contribution in [3.8, 4) is 5.75 Å². The predicted octanol–water partition coefficient (Wildman–Crippen LogP) is 4.16. The number of alkyl carbamates (subject to hydrolysis) is 1. The highest BCUT2D eigenvalue weighted by Crippen LogP contribution is 2.32. The number of hydrogen-bond donors (Lipinski definition) is 2. The lowest BCUT2D eigenvalue weighted by Crippen LogP contribution is -2.38. The SMILES string of the molecule is COc1cccc(C2=CSc3nnc([C@@H](NC(=O)OC(C)(C)C)C(C)C)n3N2)c1. The Morgan fingerprint density at radius 3 is 2.69 bits per heavy atom. The summed E-state index contributed by atoms with van der Waals surface area (Å²) in [5.41, 5.74) is 4.64. The Kier molecular flexibility index (Phi) is 6.07. The lowest BCUT2D eigenvalue weighted by molar-refractivity contribution is 0.0485. The van der Waals surface area contributed by atoms with E-state index in [0.29, 0.717) is 11.0 Å². The standard InChI is InChI=1S/C20H27N5O3S/c1-12(2)16(21-19(26)28-20(3,4)5)17-22-23-18-25(17)24-15(11-29-18)13-8-7-9-14(10-13)27-6/h7-12,16,24H,1-6H3,(H,21,26)/t16-/m0/s1. The molecule has 1 aromatic heterocycles. The molecule has 0 unspecified atom stereocenters. The van der Waals surface area contributed by atoms with Crippen molar-refractivity contribution in [3.05, 3.63) is 41.1 Å². The first-order valence-corrected chi connectivity index (χ1v) is 10.3. The Labute approximate surface area is 175 Å². The quantitative estimate of drug-likeness (QED) is 0.755. The summed E-state index contributed by atoms with van der Waals surface area (Å²) in [5.74, 6) is 1.47. The predicted molar refractivity (Wildman–Crippen MR) is 113 cm³/mol. The summed E-state index contributed by atoms with van der Waals surface area (Å²) >= 11 is 1.46. The van der Waals surface area contributed by atoms with Gasteiger partial charge < -0.3 is 14.8 Å². The number of hydrogen-bond acceptors (Lipinski definition) is 7. The van der Waals surface area contributed by atoms with Crippen LogP contribution in [-0.2, 0) is 4.74 Å². The van der Waals surface area contributed by atoms with E-state index in [4.69, 9.17) is 9.47 Å². The molecule has 1 amide bonds. The molecule has 2 N–H and O–H groups in total. The van der Waals surface area contributed by atoms with Gasteiger partial charge in [-0.1, -0.05) is 37.7 Å². The fourth-order valence-electron chi connectivity index (χ4n) is 2.81. The number of amides is 1. The van der Waals surface area contributed by atoms with Crippen LogP contribution in [0.2, 0.25) is 0 Å². The maximum Gasteiger partial charge on any atom is 0.408 e. The molecule has 2 aromatic rings. The fourth-order valence-corrected chi connectivity index (χ4v) is 3.55. The number of aromatic nitrogens is 3. The van der Waals surface area contributed by atoms with Gasteiger partial charge in [-0.2, -0.15) is 0 Å². The minimum Gasteiger partial charge on any atom is -0.497 e. The van der Waals surface area contributed by atoms with Crippen molar-refractivity contribution in [2.24, 2.45) is 5.92 Å².